The van der Waals surface area contributed by atoms with Crippen molar-refractivity contribution in [1.29, 1.82) is 0 Å². The van der Waals surface area contributed by atoms with Crippen molar-refractivity contribution in [2.45, 2.75) is 27.7 Å². The van der Waals surface area contributed by atoms with E-state index in [-0.39, 0.29) is 0 Å². The molecule has 74 valence electrons. The van der Waals surface area contributed by atoms with Gasteiger partial charge < -0.3 is 5.73 Å². The van der Waals surface area contributed by atoms with Crippen LogP contribution >= 0.6 is 30.4 Å². The predicted molar refractivity (Wildman–Crippen MR) is 69.7 cm³/mol. The zero-order valence-electron chi connectivity index (χ0n) is 8.41. The molecule has 0 unspecified atom stereocenters. The van der Waals surface area contributed by atoms with Gasteiger partial charge >= 0.3 is 0 Å². The first kappa shape index (κ1) is 13.0. The van der Waals surface area contributed by atoms with Gasteiger partial charge in [-0.2, -0.15) is 0 Å². The highest BCUT2D eigenvalue weighted by molar-refractivity contribution is 14.1. The number of nitrogen functional groups attached to an aromatic ring is 1. The third-order valence-corrected chi connectivity index (χ3v) is 2.52. The molecule has 13 heavy (non-hydrogen) atoms. The summed E-state index contributed by atoms with van der Waals surface area (Å²) in [5.74, 6) is 0. The Morgan fingerprint density at radius 3 is 1.92 bits per heavy atom. The molecule has 0 atom stereocenters. The molecule has 0 saturated carbocycles. The molecule has 0 saturated heterocycles. The van der Waals surface area contributed by atoms with Gasteiger partial charge in [0.2, 0.25) is 0 Å². The van der Waals surface area contributed by atoms with E-state index in [9.17, 15) is 0 Å². The summed E-state index contributed by atoms with van der Waals surface area (Å²) < 4.78 is 0. The lowest BCUT2D eigenvalue weighted by atomic mass is 9.98. The number of hydrogen-bond acceptors (Lipinski definition) is 1. The molecule has 0 amide bonds. The standard InChI is InChI=1S/C10H15N.ClI/c1-6-5-10(11)9(4)8(3)7(6)2;1-2/h5H,11H2,1-4H3;. The van der Waals surface area contributed by atoms with Gasteiger partial charge in [0.05, 0.1) is 0 Å². The lowest BCUT2D eigenvalue weighted by Gasteiger charge is -2.10. The summed E-state index contributed by atoms with van der Waals surface area (Å²) in [6.07, 6.45) is 0. The minimum absolute atomic E-state index is 0.908. The topological polar surface area (TPSA) is 26.0 Å². The van der Waals surface area contributed by atoms with Crippen LogP contribution in [0.5, 0.6) is 0 Å². The van der Waals surface area contributed by atoms with Gasteiger partial charge in [-0.3, -0.25) is 0 Å². The quantitative estimate of drug-likeness (QED) is 0.567. The first-order chi connectivity index (χ1) is 6.04. The average Bonchev–Trinajstić information content (AvgIpc) is 2.15. The summed E-state index contributed by atoms with van der Waals surface area (Å²) in [5.41, 5.74) is 11.9. The van der Waals surface area contributed by atoms with E-state index in [2.05, 4.69) is 36.6 Å². The van der Waals surface area contributed by atoms with Gasteiger partial charge in [0.1, 0.15) is 0 Å². The van der Waals surface area contributed by atoms with E-state index in [0.717, 1.165) is 5.69 Å². The summed E-state index contributed by atoms with van der Waals surface area (Å²) in [7, 11) is 4.61. The van der Waals surface area contributed by atoms with Crippen molar-refractivity contribution in [3.63, 3.8) is 0 Å². The van der Waals surface area contributed by atoms with Crippen LogP contribution in [0.25, 0.3) is 0 Å². The van der Waals surface area contributed by atoms with Crippen molar-refractivity contribution in [1.82, 2.24) is 0 Å². The van der Waals surface area contributed by atoms with Crippen LogP contribution in [0.3, 0.4) is 0 Å². The highest BCUT2D eigenvalue weighted by atomic mass is 127. The molecular weight excluding hydrogens is 296 g/mol. The highest BCUT2D eigenvalue weighted by Crippen LogP contribution is 2.22. The van der Waals surface area contributed by atoms with Crippen molar-refractivity contribution < 1.29 is 0 Å². The molecule has 0 aliphatic carbocycles. The molecule has 0 bridgehead atoms. The normalized spacial score (nSPS) is 9.08. The smallest absolute Gasteiger partial charge is 0.0425 e. The van der Waals surface area contributed by atoms with Crippen LogP contribution in [0.15, 0.2) is 6.07 Å². The van der Waals surface area contributed by atoms with Gasteiger partial charge in [-0.1, -0.05) is 0 Å². The van der Waals surface area contributed by atoms with E-state index >= 15 is 0 Å². The Labute approximate surface area is 97.5 Å². The van der Waals surface area contributed by atoms with Gasteiger partial charge in [0.25, 0.3) is 0 Å². The third-order valence-electron chi connectivity index (χ3n) is 2.52. The van der Waals surface area contributed by atoms with E-state index in [0.29, 0.717) is 0 Å². The molecule has 0 aliphatic heterocycles. The Bertz CT molecular complexity index is 271. The number of rotatable bonds is 0. The van der Waals surface area contributed by atoms with Gasteiger partial charge in [0, 0.05) is 27.1 Å². The van der Waals surface area contributed by atoms with Gasteiger partial charge in [-0.15, -0.1) is 0 Å². The summed E-state index contributed by atoms with van der Waals surface area (Å²) in [6.45, 7) is 8.42. The van der Waals surface area contributed by atoms with Crippen LogP contribution in [-0.4, -0.2) is 0 Å². The van der Waals surface area contributed by atoms with E-state index in [1.807, 2.05) is 6.07 Å². The van der Waals surface area contributed by atoms with Crippen LogP contribution in [0.2, 0.25) is 0 Å². The number of anilines is 1. The maximum absolute atomic E-state index is 5.79. The number of benzene rings is 1. The molecule has 0 heterocycles. The minimum Gasteiger partial charge on any atom is -0.398 e. The predicted octanol–water partition coefficient (Wildman–Crippen LogP) is 4.08. The number of hydrogen-bond donors (Lipinski definition) is 1. The van der Waals surface area contributed by atoms with Crippen molar-refractivity contribution in [3.05, 3.63) is 28.3 Å². The van der Waals surface area contributed by atoms with Crippen molar-refractivity contribution in [2.75, 3.05) is 5.73 Å². The van der Waals surface area contributed by atoms with Crippen molar-refractivity contribution in [3.8, 4) is 0 Å². The molecule has 0 radical (unpaired) electrons. The summed E-state index contributed by atoms with van der Waals surface area (Å²) in [6, 6.07) is 2.04. The van der Waals surface area contributed by atoms with E-state index in [4.69, 9.17) is 5.73 Å². The van der Waals surface area contributed by atoms with E-state index in [1.54, 1.807) is 21.5 Å². The minimum atomic E-state index is 0.908. The van der Waals surface area contributed by atoms with Crippen LogP contribution < -0.4 is 5.73 Å². The fraction of sp³-hybridized carbons (Fsp3) is 0.400. The maximum Gasteiger partial charge on any atom is 0.0425 e. The van der Waals surface area contributed by atoms with Gasteiger partial charge in [-0.25, -0.2) is 0 Å². The molecule has 3 heteroatoms. The molecule has 0 fully saturated rings. The molecule has 0 aliphatic rings. The van der Waals surface area contributed by atoms with E-state index < -0.39 is 0 Å². The molecular formula is C10H15ClIN. The van der Waals surface area contributed by atoms with E-state index in [1.165, 1.54) is 22.3 Å². The second-order valence-electron chi connectivity index (χ2n) is 3.16. The lowest BCUT2D eigenvalue weighted by Crippen LogP contribution is -1.96. The molecule has 0 aromatic heterocycles. The first-order valence-electron chi connectivity index (χ1n) is 4.01. The lowest BCUT2D eigenvalue weighted by molar-refractivity contribution is 1.22. The van der Waals surface area contributed by atoms with Gasteiger partial charge in [0.15, 0.2) is 0 Å². The second kappa shape index (κ2) is 5.70. The van der Waals surface area contributed by atoms with Crippen LogP contribution in [0.1, 0.15) is 22.3 Å². The Balaban J connectivity index is 0.000000671. The fourth-order valence-electron chi connectivity index (χ4n) is 1.24. The fourth-order valence-corrected chi connectivity index (χ4v) is 1.24. The van der Waals surface area contributed by atoms with Crippen molar-refractivity contribution >= 4 is 36.1 Å². The number of nitrogens with two attached hydrogens (primary N) is 1. The summed E-state index contributed by atoms with van der Waals surface area (Å²) >= 11 is 1.62. The Hall–Kier alpha value is 0.0400. The monoisotopic (exact) mass is 311 g/mol. The summed E-state index contributed by atoms with van der Waals surface area (Å²) in [5, 5.41) is 0. The molecule has 2 N–H and O–H groups in total. The molecule has 1 nitrogen and oxygen atoms in total. The summed E-state index contributed by atoms with van der Waals surface area (Å²) in [4.78, 5) is 0. The SMILES string of the molecule is Cc1cc(N)c(C)c(C)c1C.ClI. The zero-order valence-corrected chi connectivity index (χ0v) is 11.3. The zero-order chi connectivity index (χ0) is 10.6. The second-order valence-corrected chi connectivity index (χ2v) is 3.16. The first-order valence-corrected chi connectivity index (χ1v) is 6.74. The Morgan fingerprint density at radius 2 is 1.46 bits per heavy atom. The maximum atomic E-state index is 5.79. The average molecular weight is 312 g/mol. The number of halogens is 2. The van der Waals surface area contributed by atoms with Crippen molar-refractivity contribution in [2.24, 2.45) is 0 Å². The van der Waals surface area contributed by atoms with Gasteiger partial charge in [-0.05, 0) is 64.9 Å². The largest absolute Gasteiger partial charge is 0.398 e. The number of aryl methyl sites for hydroxylation is 1. The molecule has 0 spiro atoms. The highest BCUT2D eigenvalue weighted by Gasteiger charge is 2.02. The third kappa shape index (κ3) is 3.02. The van der Waals surface area contributed by atoms with Crippen LogP contribution in [0, 0.1) is 27.7 Å². The molecule has 1 aromatic rings. The Morgan fingerprint density at radius 1 is 1.00 bits per heavy atom. The molecule has 1 aromatic carbocycles. The van der Waals surface area contributed by atoms with Crippen LogP contribution in [0.4, 0.5) is 5.69 Å². The Kier molecular flexibility index (Phi) is 5.72. The van der Waals surface area contributed by atoms with Crippen LogP contribution in [-0.2, 0) is 0 Å². The molecule has 1 rings (SSSR count).